The standard InChI is InChI=1S/C13H14N4/c1-10(7-8-14)17(2)13-12-6-4-3-5-11(12)9-15-16-13/h3-6,9-10H,7H2,1-2H3. The highest BCUT2D eigenvalue weighted by Crippen LogP contribution is 2.23. The van der Waals surface area contributed by atoms with E-state index in [9.17, 15) is 0 Å². The molecule has 0 aliphatic rings. The van der Waals surface area contributed by atoms with Crippen LogP contribution in [0.15, 0.2) is 30.5 Å². The summed E-state index contributed by atoms with van der Waals surface area (Å²) in [6, 6.07) is 10.3. The first-order chi connectivity index (χ1) is 8.24. The molecule has 1 aromatic carbocycles. The first-order valence-electron chi connectivity index (χ1n) is 5.54. The Balaban J connectivity index is 2.45. The number of rotatable bonds is 3. The molecule has 1 atom stereocenters. The molecule has 0 N–H and O–H groups in total. The van der Waals surface area contributed by atoms with E-state index in [-0.39, 0.29) is 6.04 Å². The van der Waals surface area contributed by atoms with Crippen LogP contribution >= 0.6 is 0 Å². The molecule has 0 amide bonds. The van der Waals surface area contributed by atoms with E-state index in [2.05, 4.69) is 16.3 Å². The van der Waals surface area contributed by atoms with E-state index in [1.54, 1.807) is 6.20 Å². The van der Waals surface area contributed by atoms with E-state index in [0.717, 1.165) is 16.6 Å². The second kappa shape index (κ2) is 4.79. The molecular formula is C13H14N4. The highest BCUT2D eigenvalue weighted by atomic mass is 15.3. The molecule has 0 aliphatic carbocycles. The third kappa shape index (κ3) is 2.18. The van der Waals surface area contributed by atoms with Crippen molar-refractivity contribution in [1.29, 1.82) is 5.26 Å². The van der Waals surface area contributed by atoms with Crippen LogP contribution in [0.5, 0.6) is 0 Å². The second-order valence-corrected chi connectivity index (χ2v) is 4.08. The topological polar surface area (TPSA) is 52.8 Å². The van der Waals surface area contributed by atoms with Crippen LogP contribution in [0, 0.1) is 11.3 Å². The Morgan fingerprint density at radius 1 is 1.41 bits per heavy atom. The van der Waals surface area contributed by atoms with Gasteiger partial charge in [-0.3, -0.25) is 0 Å². The van der Waals surface area contributed by atoms with Crippen molar-refractivity contribution in [3.05, 3.63) is 30.5 Å². The first kappa shape index (κ1) is 11.3. The Labute approximate surface area is 100 Å². The minimum atomic E-state index is 0.125. The maximum atomic E-state index is 8.73. The van der Waals surface area contributed by atoms with E-state index in [1.807, 2.05) is 43.1 Å². The van der Waals surface area contributed by atoms with Crippen LogP contribution < -0.4 is 4.90 Å². The van der Waals surface area contributed by atoms with Crippen molar-refractivity contribution in [2.24, 2.45) is 0 Å². The molecule has 0 radical (unpaired) electrons. The number of hydrogen-bond donors (Lipinski definition) is 0. The van der Waals surface area contributed by atoms with Gasteiger partial charge in [0.05, 0.1) is 18.7 Å². The average Bonchev–Trinajstić information content (AvgIpc) is 2.37. The molecule has 4 heteroatoms. The Hall–Kier alpha value is -2.15. The lowest BCUT2D eigenvalue weighted by molar-refractivity contribution is 0.691. The SMILES string of the molecule is CC(CC#N)N(C)c1nncc2ccccc12. The average molecular weight is 226 g/mol. The van der Waals surface area contributed by atoms with Crippen molar-refractivity contribution in [3.8, 4) is 6.07 Å². The molecule has 2 rings (SSSR count). The molecule has 1 heterocycles. The van der Waals surface area contributed by atoms with Gasteiger partial charge in [0.1, 0.15) is 0 Å². The fraction of sp³-hybridized carbons (Fsp3) is 0.308. The van der Waals surface area contributed by atoms with E-state index >= 15 is 0 Å². The van der Waals surface area contributed by atoms with Gasteiger partial charge in [-0.05, 0) is 6.92 Å². The summed E-state index contributed by atoms with van der Waals surface area (Å²) in [5.41, 5.74) is 0. The van der Waals surface area contributed by atoms with Crippen molar-refractivity contribution in [2.75, 3.05) is 11.9 Å². The molecule has 0 saturated carbocycles. The van der Waals surface area contributed by atoms with E-state index in [4.69, 9.17) is 5.26 Å². The maximum Gasteiger partial charge on any atom is 0.159 e. The number of fused-ring (bicyclic) bond motifs is 1. The molecule has 2 aromatic rings. The van der Waals surface area contributed by atoms with Gasteiger partial charge in [-0.25, -0.2) is 0 Å². The maximum absolute atomic E-state index is 8.73. The minimum Gasteiger partial charge on any atom is -0.354 e. The summed E-state index contributed by atoms with van der Waals surface area (Å²) in [7, 11) is 1.94. The van der Waals surface area contributed by atoms with Gasteiger partial charge in [-0.15, -0.1) is 5.10 Å². The van der Waals surface area contributed by atoms with Gasteiger partial charge < -0.3 is 4.90 Å². The van der Waals surface area contributed by atoms with Gasteiger partial charge in [-0.1, -0.05) is 24.3 Å². The number of aromatic nitrogens is 2. The van der Waals surface area contributed by atoms with Crippen molar-refractivity contribution in [2.45, 2.75) is 19.4 Å². The molecule has 0 fully saturated rings. The van der Waals surface area contributed by atoms with Crippen molar-refractivity contribution >= 4 is 16.6 Å². The third-order valence-corrected chi connectivity index (χ3v) is 2.93. The van der Waals surface area contributed by atoms with Gasteiger partial charge in [0.2, 0.25) is 0 Å². The smallest absolute Gasteiger partial charge is 0.159 e. The summed E-state index contributed by atoms with van der Waals surface area (Å²) in [6.07, 6.45) is 2.23. The van der Waals surface area contributed by atoms with Crippen molar-refractivity contribution in [3.63, 3.8) is 0 Å². The summed E-state index contributed by atoms with van der Waals surface area (Å²) in [5.74, 6) is 0.825. The molecule has 0 bridgehead atoms. The van der Waals surface area contributed by atoms with Crippen LogP contribution in [0.1, 0.15) is 13.3 Å². The number of hydrogen-bond acceptors (Lipinski definition) is 4. The zero-order valence-electron chi connectivity index (χ0n) is 9.96. The summed E-state index contributed by atoms with van der Waals surface area (Å²) in [4.78, 5) is 2.00. The van der Waals surface area contributed by atoms with Gasteiger partial charge in [0, 0.05) is 23.9 Å². The Bertz CT molecular complexity index is 553. The zero-order chi connectivity index (χ0) is 12.3. The molecule has 0 spiro atoms. The highest BCUT2D eigenvalue weighted by molar-refractivity contribution is 5.91. The fourth-order valence-electron chi connectivity index (χ4n) is 1.75. The van der Waals surface area contributed by atoms with Crippen LogP contribution in [0.2, 0.25) is 0 Å². The first-order valence-corrected chi connectivity index (χ1v) is 5.54. The molecule has 0 aliphatic heterocycles. The predicted molar refractivity (Wildman–Crippen MR) is 67.6 cm³/mol. The van der Waals surface area contributed by atoms with Gasteiger partial charge in [-0.2, -0.15) is 10.4 Å². The second-order valence-electron chi connectivity index (χ2n) is 4.08. The number of nitriles is 1. The van der Waals surface area contributed by atoms with Gasteiger partial charge in [0.15, 0.2) is 5.82 Å². The molecular weight excluding hydrogens is 212 g/mol. The lowest BCUT2D eigenvalue weighted by Crippen LogP contribution is -2.29. The van der Waals surface area contributed by atoms with Crippen LogP contribution in [0.25, 0.3) is 10.8 Å². The lowest BCUT2D eigenvalue weighted by atomic mass is 10.1. The van der Waals surface area contributed by atoms with Gasteiger partial charge in [0.25, 0.3) is 0 Å². The lowest BCUT2D eigenvalue weighted by Gasteiger charge is -2.24. The number of anilines is 1. The van der Waals surface area contributed by atoms with Crippen molar-refractivity contribution in [1.82, 2.24) is 10.2 Å². The number of benzene rings is 1. The third-order valence-electron chi connectivity index (χ3n) is 2.93. The molecule has 0 saturated heterocycles. The van der Waals surface area contributed by atoms with Crippen LogP contribution in [-0.2, 0) is 0 Å². The van der Waals surface area contributed by atoms with E-state index < -0.39 is 0 Å². The quantitative estimate of drug-likeness (QED) is 0.806. The highest BCUT2D eigenvalue weighted by Gasteiger charge is 2.13. The van der Waals surface area contributed by atoms with Gasteiger partial charge >= 0.3 is 0 Å². The predicted octanol–water partition coefficient (Wildman–Crippen LogP) is 2.37. The zero-order valence-corrected chi connectivity index (χ0v) is 9.96. The molecule has 1 aromatic heterocycles. The summed E-state index contributed by atoms with van der Waals surface area (Å²) < 4.78 is 0. The van der Waals surface area contributed by atoms with Crippen molar-refractivity contribution < 1.29 is 0 Å². The monoisotopic (exact) mass is 226 g/mol. The Kier molecular flexibility index (Phi) is 3.20. The molecule has 4 nitrogen and oxygen atoms in total. The largest absolute Gasteiger partial charge is 0.354 e. The fourth-order valence-corrected chi connectivity index (χ4v) is 1.75. The van der Waals surface area contributed by atoms with E-state index in [1.165, 1.54) is 0 Å². The normalized spacial score (nSPS) is 12.1. The van der Waals surface area contributed by atoms with Crippen LogP contribution in [0.4, 0.5) is 5.82 Å². The summed E-state index contributed by atoms with van der Waals surface area (Å²) in [5, 5.41) is 19.0. The van der Waals surface area contributed by atoms with Crippen LogP contribution in [0.3, 0.4) is 0 Å². The molecule has 1 unspecified atom stereocenters. The molecule has 86 valence electrons. The summed E-state index contributed by atoms with van der Waals surface area (Å²) >= 11 is 0. The Morgan fingerprint density at radius 3 is 2.94 bits per heavy atom. The summed E-state index contributed by atoms with van der Waals surface area (Å²) in [6.45, 7) is 2.01. The molecule has 17 heavy (non-hydrogen) atoms. The Morgan fingerprint density at radius 2 is 2.18 bits per heavy atom. The number of nitrogens with zero attached hydrogens (tertiary/aromatic N) is 4. The van der Waals surface area contributed by atoms with Crippen LogP contribution in [-0.4, -0.2) is 23.3 Å². The van der Waals surface area contributed by atoms with E-state index in [0.29, 0.717) is 6.42 Å². The minimum absolute atomic E-state index is 0.125.